The predicted molar refractivity (Wildman–Crippen MR) is 85.6 cm³/mol. The molecule has 0 atom stereocenters. The Balaban J connectivity index is 2.25. The third-order valence-electron chi connectivity index (χ3n) is 2.62. The number of pyridine rings is 1. The van der Waals surface area contributed by atoms with E-state index in [-0.39, 0.29) is 0 Å². The Morgan fingerprint density at radius 1 is 1.26 bits per heavy atom. The number of rotatable bonds is 4. The molecule has 0 aliphatic carbocycles. The van der Waals surface area contributed by atoms with Gasteiger partial charge in [0.2, 0.25) is 0 Å². The van der Waals surface area contributed by atoms with E-state index in [1.165, 1.54) is 0 Å². The van der Waals surface area contributed by atoms with Crippen LogP contribution in [0.3, 0.4) is 0 Å². The summed E-state index contributed by atoms with van der Waals surface area (Å²) < 4.78 is 0.963. The molecule has 3 nitrogen and oxygen atoms in total. The summed E-state index contributed by atoms with van der Waals surface area (Å²) in [5.41, 5.74) is 1.94. The standard InChI is InChI=1S/C14H15BrClN3/c1-3-17-13-5-4-6-14(19-13)18-12-8-11(16)9(2)7-10(12)15/h4-8H,3H2,1-2H3,(H2,17,18,19). The van der Waals surface area contributed by atoms with Crippen LogP contribution in [0.15, 0.2) is 34.8 Å². The van der Waals surface area contributed by atoms with E-state index >= 15 is 0 Å². The van der Waals surface area contributed by atoms with Gasteiger partial charge in [0.1, 0.15) is 11.6 Å². The van der Waals surface area contributed by atoms with Gasteiger partial charge in [-0.2, -0.15) is 0 Å². The number of nitrogens with zero attached hydrogens (tertiary/aromatic N) is 1. The normalized spacial score (nSPS) is 10.3. The fourth-order valence-corrected chi connectivity index (χ4v) is 2.38. The van der Waals surface area contributed by atoms with Crippen LogP contribution in [0.4, 0.5) is 17.3 Å². The Kier molecular flexibility index (Phi) is 4.66. The number of hydrogen-bond acceptors (Lipinski definition) is 3. The maximum absolute atomic E-state index is 6.14. The average molecular weight is 341 g/mol. The van der Waals surface area contributed by atoms with Crippen molar-refractivity contribution in [2.45, 2.75) is 13.8 Å². The van der Waals surface area contributed by atoms with Crippen LogP contribution in [-0.2, 0) is 0 Å². The van der Waals surface area contributed by atoms with Crippen LogP contribution in [0.2, 0.25) is 5.02 Å². The molecule has 2 N–H and O–H groups in total. The van der Waals surface area contributed by atoms with Gasteiger partial charge in [0.15, 0.2) is 0 Å². The van der Waals surface area contributed by atoms with E-state index in [2.05, 4.69) is 31.5 Å². The second-order valence-electron chi connectivity index (χ2n) is 4.14. The van der Waals surface area contributed by atoms with E-state index < -0.39 is 0 Å². The zero-order valence-electron chi connectivity index (χ0n) is 10.8. The van der Waals surface area contributed by atoms with Crippen molar-refractivity contribution in [1.29, 1.82) is 0 Å². The van der Waals surface area contributed by atoms with E-state index in [4.69, 9.17) is 11.6 Å². The predicted octanol–water partition coefficient (Wildman–Crippen LogP) is 4.98. The molecule has 1 aromatic heterocycles. The fourth-order valence-electron chi connectivity index (χ4n) is 1.66. The summed E-state index contributed by atoms with van der Waals surface area (Å²) in [4.78, 5) is 4.46. The minimum Gasteiger partial charge on any atom is -0.370 e. The van der Waals surface area contributed by atoms with Gasteiger partial charge in [0, 0.05) is 16.0 Å². The maximum Gasteiger partial charge on any atom is 0.132 e. The molecular formula is C14H15BrClN3. The van der Waals surface area contributed by atoms with E-state index in [1.807, 2.05) is 44.2 Å². The molecule has 0 aliphatic heterocycles. The second-order valence-corrected chi connectivity index (χ2v) is 5.41. The third kappa shape index (κ3) is 3.61. The lowest BCUT2D eigenvalue weighted by Crippen LogP contribution is -2.01. The summed E-state index contributed by atoms with van der Waals surface area (Å²) in [6.07, 6.45) is 0. The van der Waals surface area contributed by atoms with Gasteiger partial charge in [-0.15, -0.1) is 0 Å². The summed E-state index contributed by atoms with van der Waals surface area (Å²) in [6, 6.07) is 9.69. The van der Waals surface area contributed by atoms with Crippen molar-refractivity contribution < 1.29 is 0 Å². The van der Waals surface area contributed by atoms with Crippen LogP contribution in [0.5, 0.6) is 0 Å². The number of hydrogen-bond donors (Lipinski definition) is 2. The molecule has 0 fully saturated rings. The minimum atomic E-state index is 0.730. The first-order valence-corrected chi connectivity index (χ1v) is 7.21. The molecule has 100 valence electrons. The molecule has 0 unspecified atom stereocenters. The summed E-state index contributed by atoms with van der Waals surface area (Å²) >= 11 is 9.66. The van der Waals surface area contributed by atoms with Gasteiger partial charge in [-0.05, 0) is 59.6 Å². The average Bonchev–Trinajstić information content (AvgIpc) is 2.37. The van der Waals surface area contributed by atoms with E-state index in [1.54, 1.807) is 0 Å². The van der Waals surface area contributed by atoms with Gasteiger partial charge < -0.3 is 10.6 Å². The molecule has 0 bridgehead atoms. The molecule has 2 aromatic rings. The molecule has 0 spiro atoms. The lowest BCUT2D eigenvalue weighted by molar-refractivity contribution is 1.16. The Bertz CT molecular complexity index is 587. The second kappa shape index (κ2) is 6.26. The smallest absolute Gasteiger partial charge is 0.132 e. The Hall–Kier alpha value is -1.26. The van der Waals surface area contributed by atoms with Crippen molar-refractivity contribution >= 4 is 44.9 Å². The highest BCUT2D eigenvalue weighted by Crippen LogP contribution is 2.31. The summed E-state index contributed by atoms with van der Waals surface area (Å²) in [6.45, 7) is 4.86. The number of halogens is 2. The Morgan fingerprint density at radius 2 is 2.00 bits per heavy atom. The topological polar surface area (TPSA) is 37.0 Å². The van der Waals surface area contributed by atoms with Crippen LogP contribution in [0.25, 0.3) is 0 Å². The summed E-state index contributed by atoms with van der Waals surface area (Å²) in [7, 11) is 0. The van der Waals surface area contributed by atoms with Crippen LogP contribution in [0.1, 0.15) is 12.5 Å². The van der Waals surface area contributed by atoms with Gasteiger partial charge in [0.25, 0.3) is 0 Å². The molecule has 0 saturated heterocycles. The molecule has 2 rings (SSSR count). The first kappa shape index (κ1) is 14.2. The van der Waals surface area contributed by atoms with Gasteiger partial charge >= 0.3 is 0 Å². The lowest BCUT2D eigenvalue weighted by Gasteiger charge is -2.11. The van der Waals surface area contributed by atoms with Crippen molar-refractivity contribution in [2.24, 2.45) is 0 Å². The molecule has 0 amide bonds. The number of anilines is 3. The van der Waals surface area contributed by atoms with Crippen LogP contribution < -0.4 is 10.6 Å². The Morgan fingerprint density at radius 3 is 2.74 bits per heavy atom. The summed E-state index contributed by atoms with van der Waals surface area (Å²) in [5.74, 6) is 1.63. The van der Waals surface area contributed by atoms with Crippen molar-refractivity contribution in [3.05, 3.63) is 45.4 Å². The van der Waals surface area contributed by atoms with Gasteiger partial charge in [-0.1, -0.05) is 17.7 Å². The largest absolute Gasteiger partial charge is 0.370 e. The highest BCUT2D eigenvalue weighted by Gasteiger charge is 2.05. The molecule has 0 aliphatic rings. The molecule has 5 heteroatoms. The maximum atomic E-state index is 6.14. The summed E-state index contributed by atoms with van der Waals surface area (Å²) in [5, 5.41) is 7.17. The lowest BCUT2D eigenvalue weighted by atomic mass is 10.2. The van der Waals surface area contributed by atoms with Crippen molar-refractivity contribution in [3.63, 3.8) is 0 Å². The fraction of sp³-hybridized carbons (Fsp3) is 0.214. The van der Waals surface area contributed by atoms with Gasteiger partial charge in [-0.3, -0.25) is 0 Å². The number of aromatic nitrogens is 1. The molecular weight excluding hydrogens is 326 g/mol. The van der Waals surface area contributed by atoms with Crippen molar-refractivity contribution in [1.82, 2.24) is 4.98 Å². The highest BCUT2D eigenvalue weighted by atomic mass is 79.9. The molecule has 19 heavy (non-hydrogen) atoms. The van der Waals surface area contributed by atoms with E-state index in [9.17, 15) is 0 Å². The highest BCUT2D eigenvalue weighted by molar-refractivity contribution is 9.10. The van der Waals surface area contributed by atoms with Gasteiger partial charge in [0.05, 0.1) is 5.69 Å². The number of nitrogens with one attached hydrogen (secondary N) is 2. The SMILES string of the molecule is CCNc1cccc(Nc2cc(Cl)c(C)cc2Br)n1. The van der Waals surface area contributed by atoms with E-state index in [0.29, 0.717) is 0 Å². The molecule has 0 saturated carbocycles. The van der Waals surface area contributed by atoms with E-state index in [0.717, 1.165) is 38.9 Å². The Labute approximate surface area is 126 Å². The quantitative estimate of drug-likeness (QED) is 0.824. The van der Waals surface area contributed by atoms with Gasteiger partial charge in [-0.25, -0.2) is 4.98 Å². The van der Waals surface area contributed by atoms with Crippen molar-refractivity contribution in [2.75, 3.05) is 17.2 Å². The van der Waals surface area contributed by atoms with Crippen LogP contribution >= 0.6 is 27.5 Å². The molecule has 1 heterocycles. The zero-order chi connectivity index (χ0) is 13.8. The van der Waals surface area contributed by atoms with Crippen LogP contribution in [0, 0.1) is 6.92 Å². The molecule has 1 aromatic carbocycles. The zero-order valence-corrected chi connectivity index (χ0v) is 13.1. The number of benzene rings is 1. The monoisotopic (exact) mass is 339 g/mol. The van der Waals surface area contributed by atoms with Crippen LogP contribution in [-0.4, -0.2) is 11.5 Å². The first-order chi connectivity index (χ1) is 9.10. The first-order valence-electron chi connectivity index (χ1n) is 6.03. The third-order valence-corrected chi connectivity index (χ3v) is 3.68. The molecule has 0 radical (unpaired) electrons. The minimum absolute atomic E-state index is 0.730. The van der Waals surface area contributed by atoms with Crippen molar-refractivity contribution in [3.8, 4) is 0 Å². The number of aryl methyl sites for hydroxylation is 1.